The Labute approximate surface area is 102 Å². The van der Waals surface area contributed by atoms with E-state index in [0.29, 0.717) is 6.04 Å². The van der Waals surface area contributed by atoms with Gasteiger partial charge in [-0.1, -0.05) is 30.5 Å². The second-order valence-corrected chi connectivity index (χ2v) is 5.76. The predicted octanol–water partition coefficient (Wildman–Crippen LogP) is 2.72. The minimum atomic E-state index is 0.456. The summed E-state index contributed by atoms with van der Waals surface area (Å²) >= 11 is 1.89. The summed E-state index contributed by atoms with van der Waals surface area (Å²) in [7, 11) is 0. The first-order valence-electron chi connectivity index (χ1n) is 5.93. The van der Waals surface area contributed by atoms with Gasteiger partial charge < -0.3 is 0 Å². The molecule has 3 heteroatoms. The first-order chi connectivity index (χ1) is 7.78. The normalized spacial score (nSPS) is 17.4. The highest BCUT2D eigenvalue weighted by Gasteiger charge is 2.24. The van der Waals surface area contributed by atoms with E-state index in [0.717, 1.165) is 11.7 Å². The van der Waals surface area contributed by atoms with E-state index in [1.165, 1.54) is 29.7 Å². The van der Waals surface area contributed by atoms with Gasteiger partial charge in [-0.15, -0.1) is 11.8 Å². The van der Waals surface area contributed by atoms with Crippen molar-refractivity contribution in [3.05, 3.63) is 29.8 Å². The molecule has 0 aromatic heterocycles. The monoisotopic (exact) mass is 236 g/mol. The smallest absolute Gasteiger partial charge is 0.0307 e. The first kappa shape index (κ1) is 12.0. The largest absolute Gasteiger partial charge is 0.271 e. The zero-order valence-corrected chi connectivity index (χ0v) is 10.6. The Morgan fingerprint density at radius 2 is 2.31 bits per heavy atom. The fraction of sp³-hybridized carbons (Fsp3) is 0.538. The molecule has 3 N–H and O–H groups in total. The van der Waals surface area contributed by atoms with Crippen molar-refractivity contribution >= 4 is 11.8 Å². The molecule has 1 aliphatic rings. The lowest BCUT2D eigenvalue weighted by molar-refractivity contribution is 0.508. The molecule has 1 aliphatic carbocycles. The number of hydrogen-bond acceptors (Lipinski definition) is 3. The Balaban J connectivity index is 1.80. The molecule has 1 aromatic rings. The Bertz CT molecular complexity index is 336. The molecule has 0 amide bonds. The van der Waals surface area contributed by atoms with Crippen LogP contribution in [0.15, 0.2) is 29.2 Å². The van der Waals surface area contributed by atoms with Gasteiger partial charge in [0, 0.05) is 16.7 Å². The van der Waals surface area contributed by atoms with Crippen LogP contribution in [-0.4, -0.2) is 11.8 Å². The molecule has 1 saturated carbocycles. The maximum atomic E-state index is 5.58. The van der Waals surface area contributed by atoms with Crippen LogP contribution in [0.4, 0.5) is 0 Å². The summed E-state index contributed by atoms with van der Waals surface area (Å²) in [6.07, 6.45) is 4.02. The number of aryl methyl sites for hydroxylation is 1. The average molecular weight is 236 g/mol. The molecule has 2 rings (SSSR count). The van der Waals surface area contributed by atoms with Crippen molar-refractivity contribution in [2.75, 3.05) is 5.75 Å². The van der Waals surface area contributed by atoms with Gasteiger partial charge in [-0.3, -0.25) is 11.3 Å². The molecular weight excluding hydrogens is 216 g/mol. The third-order valence-corrected chi connectivity index (χ3v) is 4.15. The fourth-order valence-corrected chi connectivity index (χ4v) is 2.91. The Morgan fingerprint density at radius 1 is 1.50 bits per heavy atom. The van der Waals surface area contributed by atoms with Gasteiger partial charge >= 0.3 is 0 Å². The van der Waals surface area contributed by atoms with Crippen LogP contribution in [0.5, 0.6) is 0 Å². The van der Waals surface area contributed by atoms with Crippen LogP contribution in [-0.2, 0) is 0 Å². The molecule has 1 fully saturated rings. The van der Waals surface area contributed by atoms with Gasteiger partial charge in [-0.25, -0.2) is 0 Å². The fourth-order valence-electron chi connectivity index (χ4n) is 1.84. The highest BCUT2D eigenvalue weighted by molar-refractivity contribution is 7.99. The van der Waals surface area contributed by atoms with E-state index in [2.05, 4.69) is 36.6 Å². The van der Waals surface area contributed by atoms with Crippen molar-refractivity contribution < 1.29 is 0 Å². The molecule has 2 nitrogen and oxygen atoms in total. The van der Waals surface area contributed by atoms with Crippen LogP contribution in [0.2, 0.25) is 0 Å². The molecule has 1 aromatic carbocycles. The van der Waals surface area contributed by atoms with Crippen LogP contribution in [0.3, 0.4) is 0 Å². The summed E-state index contributed by atoms with van der Waals surface area (Å²) in [5.41, 5.74) is 4.26. The maximum Gasteiger partial charge on any atom is 0.0307 e. The van der Waals surface area contributed by atoms with Crippen LogP contribution < -0.4 is 11.3 Å². The predicted molar refractivity (Wildman–Crippen MR) is 70.4 cm³/mol. The van der Waals surface area contributed by atoms with Crippen molar-refractivity contribution in [1.29, 1.82) is 0 Å². The number of nitrogens with one attached hydrogen (secondary N) is 1. The number of thioether (sulfide) groups is 1. The van der Waals surface area contributed by atoms with E-state index in [9.17, 15) is 0 Å². The Hall–Kier alpha value is -0.510. The molecule has 88 valence electrons. The van der Waals surface area contributed by atoms with Gasteiger partial charge in [0.1, 0.15) is 0 Å². The van der Waals surface area contributed by atoms with Crippen molar-refractivity contribution in [3.8, 4) is 0 Å². The van der Waals surface area contributed by atoms with Gasteiger partial charge in [0.15, 0.2) is 0 Å². The van der Waals surface area contributed by atoms with E-state index in [4.69, 9.17) is 5.84 Å². The summed E-state index contributed by atoms with van der Waals surface area (Å²) in [5, 5.41) is 0. The SMILES string of the molecule is Cc1cccc(SCC(CC2CC2)NN)c1. The highest BCUT2D eigenvalue weighted by Crippen LogP contribution is 2.34. The van der Waals surface area contributed by atoms with Gasteiger partial charge in [-0.05, 0) is 31.4 Å². The number of hydrazine groups is 1. The third kappa shape index (κ3) is 3.81. The molecule has 0 spiro atoms. The van der Waals surface area contributed by atoms with Crippen LogP contribution in [0, 0.1) is 12.8 Å². The van der Waals surface area contributed by atoms with Crippen molar-refractivity contribution in [2.24, 2.45) is 11.8 Å². The Morgan fingerprint density at radius 3 is 2.94 bits per heavy atom. The van der Waals surface area contributed by atoms with Crippen LogP contribution >= 0.6 is 11.8 Å². The molecule has 0 saturated heterocycles. The van der Waals surface area contributed by atoms with Crippen molar-refractivity contribution in [3.63, 3.8) is 0 Å². The lowest BCUT2D eigenvalue weighted by atomic mass is 10.2. The number of benzene rings is 1. The summed E-state index contributed by atoms with van der Waals surface area (Å²) in [4.78, 5) is 1.34. The van der Waals surface area contributed by atoms with Gasteiger partial charge in [0.2, 0.25) is 0 Å². The molecule has 0 heterocycles. The molecule has 0 radical (unpaired) electrons. The number of nitrogens with two attached hydrogens (primary N) is 1. The third-order valence-electron chi connectivity index (χ3n) is 2.99. The second-order valence-electron chi connectivity index (χ2n) is 4.67. The van der Waals surface area contributed by atoms with Gasteiger partial charge in [0.05, 0.1) is 0 Å². The number of hydrogen-bond donors (Lipinski definition) is 2. The van der Waals surface area contributed by atoms with Crippen LogP contribution in [0.1, 0.15) is 24.8 Å². The second kappa shape index (κ2) is 5.71. The van der Waals surface area contributed by atoms with Gasteiger partial charge in [-0.2, -0.15) is 0 Å². The minimum Gasteiger partial charge on any atom is -0.271 e. The average Bonchev–Trinajstić information content (AvgIpc) is 3.08. The standard InChI is InChI=1S/C13H20N2S/c1-10-3-2-4-13(7-10)16-9-12(15-14)8-11-5-6-11/h2-4,7,11-12,15H,5-6,8-9,14H2,1H3. The molecule has 16 heavy (non-hydrogen) atoms. The van der Waals surface area contributed by atoms with E-state index < -0.39 is 0 Å². The number of rotatable bonds is 6. The van der Waals surface area contributed by atoms with Crippen LogP contribution in [0.25, 0.3) is 0 Å². The highest BCUT2D eigenvalue weighted by atomic mass is 32.2. The Kier molecular flexibility index (Phi) is 4.27. The quantitative estimate of drug-likeness (QED) is 0.453. The van der Waals surface area contributed by atoms with Crippen molar-refractivity contribution in [2.45, 2.75) is 37.1 Å². The minimum absolute atomic E-state index is 0.456. The maximum absolute atomic E-state index is 5.58. The topological polar surface area (TPSA) is 38.0 Å². The summed E-state index contributed by atoms with van der Waals surface area (Å²) in [5.74, 6) is 7.58. The zero-order chi connectivity index (χ0) is 11.4. The summed E-state index contributed by atoms with van der Waals surface area (Å²) in [6.45, 7) is 2.13. The van der Waals surface area contributed by atoms with Gasteiger partial charge in [0.25, 0.3) is 0 Å². The molecular formula is C13H20N2S. The molecule has 0 aliphatic heterocycles. The first-order valence-corrected chi connectivity index (χ1v) is 6.92. The van der Waals surface area contributed by atoms with E-state index >= 15 is 0 Å². The summed E-state index contributed by atoms with van der Waals surface area (Å²) < 4.78 is 0. The molecule has 0 bridgehead atoms. The zero-order valence-electron chi connectivity index (χ0n) is 9.78. The van der Waals surface area contributed by atoms with Crippen molar-refractivity contribution in [1.82, 2.24) is 5.43 Å². The lowest BCUT2D eigenvalue weighted by Gasteiger charge is -2.14. The van der Waals surface area contributed by atoms with E-state index in [-0.39, 0.29) is 0 Å². The van der Waals surface area contributed by atoms with E-state index in [1.54, 1.807) is 0 Å². The lowest BCUT2D eigenvalue weighted by Crippen LogP contribution is -2.37. The molecule has 1 unspecified atom stereocenters. The molecule has 1 atom stereocenters. The van der Waals surface area contributed by atoms with E-state index in [1.807, 2.05) is 11.8 Å². The summed E-state index contributed by atoms with van der Waals surface area (Å²) in [6, 6.07) is 9.10.